The van der Waals surface area contributed by atoms with Crippen molar-refractivity contribution in [2.24, 2.45) is 5.92 Å². The summed E-state index contributed by atoms with van der Waals surface area (Å²) in [6, 6.07) is 0. The third-order valence-electron chi connectivity index (χ3n) is 1.89. The van der Waals surface area contributed by atoms with Crippen LogP contribution in [0.4, 0.5) is 0 Å². The molecule has 1 aliphatic rings. The van der Waals surface area contributed by atoms with Gasteiger partial charge < -0.3 is 0 Å². The van der Waals surface area contributed by atoms with Crippen LogP contribution in [-0.2, 0) is 9.84 Å². The van der Waals surface area contributed by atoms with Gasteiger partial charge in [0.15, 0.2) is 0 Å². The zero-order valence-corrected chi connectivity index (χ0v) is 7.29. The van der Waals surface area contributed by atoms with Crippen LogP contribution in [0.3, 0.4) is 0 Å². The van der Waals surface area contributed by atoms with Gasteiger partial charge in [-0.15, -0.1) is 11.6 Å². The second-order valence-electron chi connectivity index (χ2n) is 2.75. The molecule has 10 heavy (non-hydrogen) atoms. The second-order valence-corrected chi connectivity index (χ2v) is 5.36. The van der Waals surface area contributed by atoms with Crippen LogP contribution < -0.4 is 0 Å². The summed E-state index contributed by atoms with van der Waals surface area (Å²) in [6.45, 7) is 0. The average Bonchev–Trinajstić information content (AvgIpc) is 1.88. The molecule has 60 valence electrons. The minimum Gasteiger partial charge on any atom is -0.229 e. The van der Waals surface area contributed by atoms with Crippen molar-refractivity contribution in [1.82, 2.24) is 0 Å². The van der Waals surface area contributed by atoms with E-state index in [1.54, 1.807) is 0 Å². The Kier molecular flexibility index (Phi) is 2.58. The highest BCUT2D eigenvalue weighted by Gasteiger charge is 2.22. The van der Waals surface area contributed by atoms with E-state index >= 15 is 0 Å². The Morgan fingerprint density at radius 3 is 2.20 bits per heavy atom. The van der Waals surface area contributed by atoms with E-state index in [1.165, 1.54) is 0 Å². The van der Waals surface area contributed by atoms with Crippen molar-refractivity contribution < 1.29 is 8.42 Å². The Hall–Kier alpha value is 0.240. The lowest BCUT2D eigenvalue weighted by molar-refractivity contribution is 0.505. The summed E-state index contributed by atoms with van der Waals surface area (Å²) >= 11 is 5.58. The minimum atomic E-state index is -2.68. The van der Waals surface area contributed by atoms with E-state index in [0.29, 0.717) is 23.3 Å². The van der Waals surface area contributed by atoms with Gasteiger partial charge in [-0.25, -0.2) is 8.42 Å². The second kappa shape index (κ2) is 3.09. The van der Waals surface area contributed by atoms with Crippen LogP contribution in [-0.4, -0.2) is 25.8 Å². The highest BCUT2D eigenvalue weighted by molar-refractivity contribution is 7.91. The maximum atomic E-state index is 10.9. The molecule has 0 unspecified atom stereocenters. The number of rotatable bonds is 1. The Bertz CT molecular complexity index is 184. The predicted molar refractivity (Wildman–Crippen MR) is 42.1 cm³/mol. The van der Waals surface area contributed by atoms with Crippen LogP contribution in [0.25, 0.3) is 0 Å². The van der Waals surface area contributed by atoms with Crippen molar-refractivity contribution in [3.63, 3.8) is 0 Å². The third-order valence-corrected chi connectivity index (χ3v) is 4.04. The van der Waals surface area contributed by atoms with E-state index in [1.807, 2.05) is 0 Å². The van der Waals surface area contributed by atoms with Gasteiger partial charge in [0.1, 0.15) is 9.84 Å². The molecule has 0 amide bonds. The summed E-state index contributed by atoms with van der Waals surface area (Å²) in [5.41, 5.74) is 0. The topological polar surface area (TPSA) is 34.1 Å². The summed E-state index contributed by atoms with van der Waals surface area (Å²) < 4.78 is 21.7. The van der Waals surface area contributed by atoms with Crippen LogP contribution in [0.15, 0.2) is 0 Å². The molecule has 0 spiro atoms. The van der Waals surface area contributed by atoms with Crippen molar-refractivity contribution in [2.45, 2.75) is 12.8 Å². The lowest BCUT2D eigenvalue weighted by Gasteiger charge is -2.18. The Morgan fingerprint density at radius 2 is 1.80 bits per heavy atom. The van der Waals surface area contributed by atoms with Gasteiger partial charge in [0.2, 0.25) is 0 Å². The van der Waals surface area contributed by atoms with Crippen molar-refractivity contribution in [3.05, 3.63) is 0 Å². The number of hydrogen-bond donors (Lipinski definition) is 0. The smallest absolute Gasteiger partial charge is 0.150 e. The quantitative estimate of drug-likeness (QED) is 0.569. The maximum absolute atomic E-state index is 10.9. The Balaban J connectivity index is 2.46. The molecule has 0 bridgehead atoms. The van der Waals surface area contributed by atoms with E-state index in [4.69, 9.17) is 11.6 Å². The molecule has 0 atom stereocenters. The third kappa shape index (κ3) is 2.13. The van der Waals surface area contributed by atoms with E-state index in [2.05, 4.69) is 0 Å². The van der Waals surface area contributed by atoms with Gasteiger partial charge >= 0.3 is 0 Å². The summed E-state index contributed by atoms with van der Waals surface area (Å²) in [5.74, 6) is 1.72. The summed E-state index contributed by atoms with van der Waals surface area (Å²) in [6.07, 6.45) is 1.51. The zero-order chi connectivity index (χ0) is 7.61. The van der Waals surface area contributed by atoms with Gasteiger partial charge in [0, 0.05) is 5.88 Å². The van der Waals surface area contributed by atoms with Crippen molar-refractivity contribution >= 4 is 21.4 Å². The average molecular weight is 183 g/mol. The zero-order valence-electron chi connectivity index (χ0n) is 5.72. The van der Waals surface area contributed by atoms with Crippen LogP contribution >= 0.6 is 11.6 Å². The number of halogens is 1. The molecular weight excluding hydrogens is 172 g/mol. The lowest BCUT2D eigenvalue weighted by Crippen LogP contribution is -2.23. The number of hydrogen-bond acceptors (Lipinski definition) is 2. The number of sulfone groups is 1. The van der Waals surface area contributed by atoms with E-state index in [-0.39, 0.29) is 0 Å². The standard InChI is InChI=1S/C6H11ClO2S/c7-5-6-1-3-10(8,9)4-2-6/h6H,1-5H2. The van der Waals surface area contributed by atoms with E-state index < -0.39 is 9.84 Å². The summed E-state index contributed by atoms with van der Waals surface area (Å²) in [7, 11) is -2.68. The van der Waals surface area contributed by atoms with Crippen LogP contribution in [0.2, 0.25) is 0 Å². The van der Waals surface area contributed by atoms with Gasteiger partial charge in [-0.2, -0.15) is 0 Å². The van der Waals surface area contributed by atoms with E-state index in [0.717, 1.165) is 12.8 Å². The molecule has 0 aromatic carbocycles. The molecule has 1 fully saturated rings. The van der Waals surface area contributed by atoms with Gasteiger partial charge in [0.25, 0.3) is 0 Å². The van der Waals surface area contributed by atoms with Crippen LogP contribution in [0.5, 0.6) is 0 Å². The fourth-order valence-corrected chi connectivity index (χ4v) is 2.99. The van der Waals surface area contributed by atoms with Gasteiger partial charge in [0.05, 0.1) is 11.5 Å². The molecule has 0 aromatic rings. The first-order valence-corrected chi connectivity index (χ1v) is 5.76. The van der Waals surface area contributed by atoms with Gasteiger partial charge in [-0.1, -0.05) is 0 Å². The van der Waals surface area contributed by atoms with Crippen molar-refractivity contribution in [3.8, 4) is 0 Å². The normalized spacial score (nSPS) is 26.5. The molecule has 4 heteroatoms. The SMILES string of the molecule is O=S1(=O)CCC(CCl)CC1. The van der Waals surface area contributed by atoms with E-state index in [9.17, 15) is 8.42 Å². The number of alkyl halides is 1. The molecule has 2 nitrogen and oxygen atoms in total. The fourth-order valence-electron chi connectivity index (χ4n) is 1.09. The highest BCUT2D eigenvalue weighted by atomic mass is 35.5. The van der Waals surface area contributed by atoms with Crippen molar-refractivity contribution in [1.29, 1.82) is 0 Å². The monoisotopic (exact) mass is 182 g/mol. The summed E-state index contributed by atoms with van der Waals surface area (Å²) in [5, 5.41) is 0. The van der Waals surface area contributed by atoms with Gasteiger partial charge in [-0.3, -0.25) is 0 Å². The molecule has 0 aromatic heterocycles. The van der Waals surface area contributed by atoms with Crippen LogP contribution in [0.1, 0.15) is 12.8 Å². The predicted octanol–water partition coefficient (Wildman–Crippen LogP) is 1.05. The molecule has 0 saturated carbocycles. The first-order valence-electron chi connectivity index (χ1n) is 3.40. The fraction of sp³-hybridized carbons (Fsp3) is 1.00. The summed E-state index contributed by atoms with van der Waals surface area (Å²) in [4.78, 5) is 0. The molecule has 1 saturated heterocycles. The molecule has 1 aliphatic heterocycles. The Labute approximate surface area is 66.5 Å². The lowest BCUT2D eigenvalue weighted by atomic mass is 10.1. The first kappa shape index (κ1) is 8.34. The van der Waals surface area contributed by atoms with Gasteiger partial charge in [-0.05, 0) is 18.8 Å². The molecule has 0 aliphatic carbocycles. The Morgan fingerprint density at radius 1 is 1.30 bits per heavy atom. The molecular formula is C6H11ClO2S. The molecule has 1 heterocycles. The molecule has 0 N–H and O–H groups in total. The van der Waals surface area contributed by atoms with Crippen LogP contribution in [0, 0.1) is 5.92 Å². The molecule has 0 radical (unpaired) electrons. The maximum Gasteiger partial charge on any atom is 0.150 e. The minimum absolute atomic E-state index is 0.338. The molecule has 1 rings (SSSR count). The highest BCUT2D eigenvalue weighted by Crippen LogP contribution is 2.19. The van der Waals surface area contributed by atoms with Crippen molar-refractivity contribution in [2.75, 3.05) is 17.4 Å². The first-order chi connectivity index (χ1) is 4.64. The largest absolute Gasteiger partial charge is 0.229 e.